The van der Waals surface area contributed by atoms with Crippen LogP contribution in [0.1, 0.15) is 61.2 Å². The van der Waals surface area contributed by atoms with Gasteiger partial charge in [0.1, 0.15) is 5.76 Å². The summed E-state index contributed by atoms with van der Waals surface area (Å²) < 4.78 is 34.8. The molecule has 1 aromatic heterocycles. The third kappa shape index (κ3) is 3.26. The zero-order valence-electron chi connectivity index (χ0n) is 16.0. The second kappa shape index (κ2) is 6.79. The number of piperazine rings is 1. The summed E-state index contributed by atoms with van der Waals surface area (Å²) in [4.78, 5) is 12.5. The van der Waals surface area contributed by atoms with E-state index in [0.29, 0.717) is 37.5 Å². The number of hydrogen-bond donors (Lipinski definition) is 2. The van der Waals surface area contributed by atoms with E-state index in [-0.39, 0.29) is 30.1 Å². The number of fused-ring (bicyclic) bond motifs is 2. The summed E-state index contributed by atoms with van der Waals surface area (Å²) >= 11 is 0. The topological polar surface area (TPSA) is 108 Å². The van der Waals surface area contributed by atoms with Crippen LogP contribution in [-0.4, -0.2) is 71.9 Å². The molecule has 2 unspecified atom stereocenters. The summed E-state index contributed by atoms with van der Waals surface area (Å²) in [6.07, 6.45) is 4.28. The molecule has 1 aromatic rings. The molecule has 5 rings (SSSR count). The predicted octanol–water partition coefficient (Wildman–Crippen LogP) is 0.426. The average molecular weight is 410 g/mol. The minimum absolute atomic E-state index is 0.0632. The molecular weight excluding hydrogens is 382 g/mol. The molecule has 2 bridgehead atoms. The molecule has 9 nitrogen and oxygen atoms in total. The van der Waals surface area contributed by atoms with Crippen LogP contribution in [-0.2, 0) is 10.2 Å². The molecule has 3 aliphatic heterocycles. The number of rotatable bonds is 5. The minimum Gasteiger partial charge on any atom is -0.360 e. The zero-order valence-corrected chi connectivity index (χ0v) is 16.8. The molecule has 3 saturated heterocycles. The van der Waals surface area contributed by atoms with E-state index in [1.54, 1.807) is 14.7 Å². The van der Waals surface area contributed by atoms with Gasteiger partial charge in [-0.05, 0) is 39.0 Å². The van der Waals surface area contributed by atoms with Gasteiger partial charge in [-0.15, -0.1) is 0 Å². The van der Waals surface area contributed by atoms with E-state index in [1.807, 2.05) is 6.92 Å². The average Bonchev–Trinajstić information content (AvgIpc) is 3.09. The highest BCUT2D eigenvalue weighted by Gasteiger charge is 2.47. The molecule has 154 valence electrons. The molecule has 4 atom stereocenters. The first-order valence-electron chi connectivity index (χ1n) is 10.2. The maximum atomic E-state index is 13.1. The number of nitrogens with zero attached hydrogens (tertiary/aromatic N) is 3. The summed E-state index contributed by atoms with van der Waals surface area (Å²) in [7, 11) is -3.46. The van der Waals surface area contributed by atoms with Gasteiger partial charge in [-0.3, -0.25) is 4.79 Å². The highest BCUT2D eigenvalue weighted by molar-refractivity contribution is 7.86. The van der Waals surface area contributed by atoms with Crippen LogP contribution in [0, 0.1) is 0 Å². The lowest BCUT2D eigenvalue weighted by molar-refractivity contribution is 0.0903. The second-order valence-corrected chi connectivity index (χ2v) is 10.4. The van der Waals surface area contributed by atoms with Crippen LogP contribution in [0.25, 0.3) is 0 Å². The first kappa shape index (κ1) is 18.5. The number of amides is 1. The highest BCUT2D eigenvalue weighted by Crippen LogP contribution is 2.40. The van der Waals surface area contributed by atoms with Crippen molar-refractivity contribution in [1.82, 2.24) is 24.4 Å². The second-order valence-electron chi connectivity index (χ2n) is 8.62. The number of piperidine rings is 1. The monoisotopic (exact) mass is 409 g/mol. The summed E-state index contributed by atoms with van der Waals surface area (Å²) in [6, 6.07) is 1.87. The Morgan fingerprint density at radius 3 is 2.75 bits per heavy atom. The van der Waals surface area contributed by atoms with Crippen LogP contribution in [0.2, 0.25) is 0 Å². The van der Waals surface area contributed by atoms with Gasteiger partial charge in [0.2, 0.25) is 0 Å². The molecule has 0 radical (unpaired) electrons. The lowest BCUT2D eigenvalue weighted by Crippen LogP contribution is -2.57. The van der Waals surface area contributed by atoms with Crippen molar-refractivity contribution >= 4 is 16.1 Å². The largest absolute Gasteiger partial charge is 0.360 e. The predicted molar refractivity (Wildman–Crippen MR) is 101 cm³/mol. The molecule has 2 N–H and O–H groups in total. The minimum atomic E-state index is -3.46. The van der Waals surface area contributed by atoms with Gasteiger partial charge in [0.15, 0.2) is 5.69 Å². The molecule has 28 heavy (non-hydrogen) atoms. The van der Waals surface area contributed by atoms with E-state index in [9.17, 15) is 13.2 Å². The molecule has 10 heteroatoms. The molecule has 4 aliphatic rings. The van der Waals surface area contributed by atoms with E-state index in [2.05, 4.69) is 15.8 Å². The highest BCUT2D eigenvalue weighted by atomic mass is 32.2. The number of carbonyl (C=O) groups excluding carboxylic acids is 1. The summed E-state index contributed by atoms with van der Waals surface area (Å²) in [5.74, 6) is 0.958. The SMILES string of the molecule is C[C@H]1C[C@@H](NC(=O)c2cc(C3CC3)on2)CCN1S(=O)(=O)N1CC2CC1CN2. The maximum Gasteiger partial charge on any atom is 0.282 e. The Morgan fingerprint density at radius 2 is 2.11 bits per heavy atom. The standard InChI is InChI=1S/C18H27N5O4S/c1-11-6-13(20-18(24)16-8-17(27-21-16)12-2-3-12)4-5-22(11)28(25,26)23-10-14-7-15(23)9-19-14/h8,11-15,19H,2-7,9-10H2,1H3,(H,20,24)/t11-,13-,14?,15?/m0/s1. The van der Waals surface area contributed by atoms with Crippen molar-refractivity contribution in [2.24, 2.45) is 0 Å². The molecule has 1 aliphatic carbocycles. The molecule has 1 amide bonds. The van der Waals surface area contributed by atoms with E-state index >= 15 is 0 Å². The lowest BCUT2D eigenvalue weighted by Gasteiger charge is -2.40. The van der Waals surface area contributed by atoms with Gasteiger partial charge in [-0.1, -0.05) is 5.16 Å². The Bertz CT molecular complexity index is 867. The first-order chi connectivity index (χ1) is 13.4. The summed E-state index contributed by atoms with van der Waals surface area (Å²) in [5.41, 5.74) is 0.310. The van der Waals surface area contributed by atoms with Gasteiger partial charge in [0.25, 0.3) is 16.1 Å². The van der Waals surface area contributed by atoms with Crippen LogP contribution < -0.4 is 10.6 Å². The third-order valence-corrected chi connectivity index (χ3v) is 8.67. The van der Waals surface area contributed by atoms with Gasteiger partial charge < -0.3 is 15.2 Å². The van der Waals surface area contributed by atoms with Gasteiger partial charge in [0, 0.05) is 55.8 Å². The molecule has 0 aromatic carbocycles. The van der Waals surface area contributed by atoms with Gasteiger partial charge in [-0.25, -0.2) is 0 Å². The van der Waals surface area contributed by atoms with Crippen molar-refractivity contribution in [3.8, 4) is 0 Å². The van der Waals surface area contributed by atoms with E-state index in [1.165, 1.54) is 0 Å². The van der Waals surface area contributed by atoms with E-state index < -0.39 is 10.2 Å². The van der Waals surface area contributed by atoms with Gasteiger partial charge in [-0.2, -0.15) is 17.0 Å². The quantitative estimate of drug-likeness (QED) is 0.730. The van der Waals surface area contributed by atoms with E-state index in [4.69, 9.17) is 4.52 Å². The van der Waals surface area contributed by atoms with Crippen molar-refractivity contribution in [2.45, 2.75) is 69.1 Å². The Kier molecular flexibility index (Phi) is 4.49. The van der Waals surface area contributed by atoms with Crippen molar-refractivity contribution < 1.29 is 17.7 Å². The number of aromatic nitrogens is 1. The number of hydrogen-bond acceptors (Lipinski definition) is 6. The van der Waals surface area contributed by atoms with E-state index in [0.717, 1.165) is 31.6 Å². The fraction of sp³-hybridized carbons (Fsp3) is 0.778. The summed E-state index contributed by atoms with van der Waals surface area (Å²) in [5, 5.41) is 10.2. The Labute approximate surface area is 165 Å². The zero-order chi connectivity index (χ0) is 19.5. The lowest BCUT2D eigenvalue weighted by atomic mass is 10.0. The molecule has 0 spiro atoms. The first-order valence-corrected chi connectivity index (χ1v) is 11.6. The molecule has 1 saturated carbocycles. The molecule has 4 fully saturated rings. The normalized spacial score (nSPS) is 34.0. The molecule has 4 heterocycles. The van der Waals surface area contributed by atoms with Crippen LogP contribution >= 0.6 is 0 Å². The number of nitrogens with one attached hydrogen (secondary N) is 2. The smallest absolute Gasteiger partial charge is 0.282 e. The Morgan fingerprint density at radius 1 is 1.29 bits per heavy atom. The Hall–Kier alpha value is -1.49. The van der Waals surface area contributed by atoms with Crippen molar-refractivity contribution in [1.29, 1.82) is 0 Å². The van der Waals surface area contributed by atoms with Crippen molar-refractivity contribution in [2.75, 3.05) is 19.6 Å². The third-order valence-electron chi connectivity index (χ3n) is 6.49. The Balaban J connectivity index is 1.20. The van der Waals surface area contributed by atoms with Crippen LogP contribution in [0.3, 0.4) is 0 Å². The molecular formula is C18H27N5O4S. The van der Waals surface area contributed by atoms with Gasteiger partial charge in [0.05, 0.1) is 0 Å². The van der Waals surface area contributed by atoms with Crippen LogP contribution in [0.15, 0.2) is 10.6 Å². The summed E-state index contributed by atoms with van der Waals surface area (Å²) in [6.45, 7) is 3.64. The van der Waals surface area contributed by atoms with Crippen LogP contribution in [0.5, 0.6) is 0 Å². The van der Waals surface area contributed by atoms with Crippen molar-refractivity contribution in [3.63, 3.8) is 0 Å². The maximum absolute atomic E-state index is 13.1. The van der Waals surface area contributed by atoms with Crippen molar-refractivity contribution in [3.05, 3.63) is 17.5 Å². The number of carbonyl (C=O) groups is 1. The fourth-order valence-electron chi connectivity index (χ4n) is 4.78. The fourth-order valence-corrected chi connectivity index (χ4v) is 6.83. The van der Waals surface area contributed by atoms with Gasteiger partial charge >= 0.3 is 0 Å². The van der Waals surface area contributed by atoms with Crippen LogP contribution in [0.4, 0.5) is 0 Å².